The number of nitrogens with zero attached hydrogens (tertiary/aromatic N) is 1. The molecule has 0 unspecified atom stereocenters. The molecule has 0 spiro atoms. The second kappa shape index (κ2) is 7.02. The Balaban J connectivity index is 1.60. The smallest absolute Gasteiger partial charge is 0.258 e. The van der Waals surface area contributed by atoms with Crippen molar-refractivity contribution in [3.63, 3.8) is 0 Å². The highest BCUT2D eigenvalue weighted by molar-refractivity contribution is 6.31. The van der Waals surface area contributed by atoms with Gasteiger partial charge in [0, 0.05) is 10.6 Å². The Morgan fingerprint density at radius 1 is 1.13 bits per heavy atom. The van der Waals surface area contributed by atoms with Crippen LogP contribution in [0.2, 0.25) is 5.02 Å². The molecule has 0 radical (unpaired) electrons. The summed E-state index contributed by atoms with van der Waals surface area (Å²) in [6.07, 6.45) is 0. The molecule has 120 valence electrons. The van der Waals surface area contributed by atoms with E-state index in [1.54, 1.807) is 11.0 Å². The van der Waals surface area contributed by atoms with Crippen molar-refractivity contribution in [1.29, 1.82) is 0 Å². The summed E-state index contributed by atoms with van der Waals surface area (Å²) in [5.74, 6) is -0.165. The van der Waals surface area contributed by atoms with Crippen LogP contribution in [0.25, 0.3) is 0 Å². The maximum atomic E-state index is 12.5. The molecule has 0 aromatic heterocycles. The van der Waals surface area contributed by atoms with Crippen molar-refractivity contribution < 1.29 is 14.8 Å². The molecule has 0 saturated carbocycles. The predicted molar refractivity (Wildman–Crippen MR) is 89.9 cm³/mol. The molecule has 3 rings (SSSR count). The van der Waals surface area contributed by atoms with Gasteiger partial charge in [-0.3, -0.25) is 4.79 Å². The molecular formula is C18H20ClN2O2+. The highest BCUT2D eigenvalue weighted by Gasteiger charge is 2.26. The summed E-state index contributed by atoms with van der Waals surface area (Å²) in [6.45, 7) is 4.16. The molecule has 5 heteroatoms. The summed E-state index contributed by atoms with van der Waals surface area (Å²) < 4.78 is 0. The number of quaternary nitrogens is 1. The average molecular weight is 332 g/mol. The number of halogens is 1. The minimum absolute atomic E-state index is 0.0153. The monoisotopic (exact) mass is 331 g/mol. The number of carbonyl (C=O) groups excluding carboxylic acids is 1. The van der Waals surface area contributed by atoms with Crippen LogP contribution in [0.5, 0.6) is 5.75 Å². The van der Waals surface area contributed by atoms with Gasteiger partial charge < -0.3 is 14.9 Å². The minimum atomic E-state index is -0.149. The Kier molecular flexibility index (Phi) is 4.84. The molecule has 1 aliphatic heterocycles. The molecule has 1 amide bonds. The van der Waals surface area contributed by atoms with Gasteiger partial charge in [0.25, 0.3) is 5.91 Å². The number of nitrogens with one attached hydrogen (secondary N) is 1. The third-order valence-electron chi connectivity index (χ3n) is 4.24. The Labute approximate surface area is 140 Å². The lowest BCUT2D eigenvalue weighted by Crippen LogP contribution is -3.13. The van der Waals surface area contributed by atoms with Crippen molar-refractivity contribution in [2.45, 2.75) is 6.54 Å². The lowest BCUT2D eigenvalue weighted by molar-refractivity contribution is -0.917. The number of benzene rings is 2. The van der Waals surface area contributed by atoms with Crippen LogP contribution in [0.4, 0.5) is 0 Å². The zero-order valence-corrected chi connectivity index (χ0v) is 13.6. The first kappa shape index (κ1) is 15.8. The van der Waals surface area contributed by atoms with Gasteiger partial charge in [-0.15, -0.1) is 0 Å². The van der Waals surface area contributed by atoms with Crippen molar-refractivity contribution in [2.75, 3.05) is 26.2 Å². The molecule has 1 saturated heterocycles. The number of hydrogen-bond acceptors (Lipinski definition) is 2. The van der Waals surface area contributed by atoms with Crippen LogP contribution in [-0.2, 0) is 6.54 Å². The first-order valence-electron chi connectivity index (χ1n) is 7.79. The van der Waals surface area contributed by atoms with Gasteiger partial charge in [0.15, 0.2) is 0 Å². The molecule has 1 heterocycles. The third kappa shape index (κ3) is 3.84. The van der Waals surface area contributed by atoms with Crippen molar-refractivity contribution in [2.24, 2.45) is 0 Å². The number of carbonyl (C=O) groups is 1. The van der Waals surface area contributed by atoms with E-state index in [-0.39, 0.29) is 17.2 Å². The highest BCUT2D eigenvalue weighted by atomic mass is 35.5. The molecule has 2 N–H and O–H groups in total. The largest absolute Gasteiger partial charge is 0.507 e. The number of rotatable bonds is 3. The van der Waals surface area contributed by atoms with Crippen molar-refractivity contribution in [1.82, 2.24) is 4.90 Å². The van der Waals surface area contributed by atoms with Crippen LogP contribution in [0.3, 0.4) is 0 Å². The number of amides is 1. The molecule has 2 aromatic carbocycles. The normalized spacial score (nSPS) is 15.6. The van der Waals surface area contributed by atoms with Crippen LogP contribution >= 0.6 is 11.6 Å². The van der Waals surface area contributed by atoms with Gasteiger partial charge in [-0.25, -0.2) is 0 Å². The molecule has 23 heavy (non-hydrogen) atoms. The standard InChI is InChI=1S/C18H19ClN2O2/c19-15-6-7-17(22)16(12-15)18(23)21-10-8-20(9-11-21)13-14-4-2-1-3-5-14/h1-7,12,22H,8-11,13H2/p+1. The number of phenols is 1. The topological polar surface area (TPSA) is 45.0 Å². The molecule has 4 nitrogen and oxygen atoms in total. The van der Waals surface area contributed by atoms with Gasteiger partial charge in [-0.2, -0.15) is 0 Å². The van der Waals surface area contributed by atoms with E-state index in [1.807, 2.05) is 6.07 Å². The quantitative estimate of drug-likeness (QED) is 0.897. The lowest BCUT2D eigenvalue weighted by Gasteiger charge is -2.32. The Morgan fingerprint density at radius 2 is 1.83 bits per heavy atom. The van der Waals surface area contributed by atoms with Crippen LogP contribution < -0.4 is 4.90 Å². The first-order valence-corrected chi connectivity index (χ1v) is 8.16. The Morgan fingerprint density at radius 3 is 2.52 bits per heavy atom. The van der Waals surface area contributed by atoms with Crippen LogP contribution in [0, 0.1) is 0 Å². The van der Waals surface area contributed by atoms with E-state index < -0.39 is 0 Å². The first-order chi connectivity index (χ1) is 11.1. The molecule has 2 aromatic rings. The molecule has 0 atom stereocenters. The van der Waals surface area contributed by atoms with Gasteiger partial charge in [0.2, 0.25) is 0 Å². The lowest BCUT2D eigenvalue weighted by atomic mass is 10.1. The van der Waals surface area contributed by atoms with Crippen molar-refractivity contribution >= 4 is 17.5 Å². The molecular weight excluding hydrogens is 312 g/mol. The fourth-order valence-corrected chi connectivity index (χ4v) is 3.11. The van der Waals surface area contributed by atoms with Crippen molar-refractivity contribution in [3.05, 3.63) is 64.7 Å². The SMILES string of the molecule is O=C(c1cc(Cl)ccc1O)N1CC[NH+](Cc2ccccc2)CC1. The maximum Gasteiger partial charge on any atom is 0.258 e. The summed E-state index contributed by atoms with van der Waals surface area (Å²) in [4.78, 5) is 15.8. The van der Waals surface area contributed by atoms with Crippen LogP contribution in [0.1, 0.15) is 15.9 Å². The summed E-state index contributed by atoms with van der Waals surface area (Å²) in [6, 6.07) is 15.0. The summed E-state index contributed by atoms with van der Waals surface area (Å²) in [5.41, 5.74) is 1.60. The van der Waals surface area contributed by atoms with E-state index in [2.05, 4.69) is 24.3 Å². The number of aromatic hydroxyl groups is 1. The molecule has 0 bridgehead atoms. The summed E-state index contributed by atoms with van der Waals surface area (Å²) >= 11 is 5.93. The Bertz CT molecular complexity index is 683. The fourth-order valence-electron chi connectivity index (χ4n) is 2.94. The molecule has 0 aliphatic carbocycles. The third-order valence-corrected chi connectivity index (χ3v) is 4.48. The zero-order valence-electron chi connectivity index (χ0n) is 12.8. The second-order valence-electron chi connectivity index (χ2n) is 5.87. The number of hydrogen-bond donors (Lipinski definition) is 2. The van der Waals surface area contributed by atoms with Gasteiger partial charge in [-0.05, 0) is 18.2 Å². The fraction of sp³-hybridized carbons (Fsp3) is 0.278. The average Bonchev–Trinajstić information content (AvgIpc) is 2.58. The molecule has 1 aliphatic rings. The van der Waals surface area contributed by atoms with Gasteiger partial charge in [-0.1, -0.05) is 41.9 Å². The highest BCUT2D eigenvalue weighted by Crippen LogP contribution is 2.23. The van der Waals surface area contributed by atoms with E-state index in [4.69, 9.17) is 11.6 Å². The predicted octanol–water partition coefficient (Wildman–Crippen LogP) is 1.59. The van der Waals surface area contributed by atoms with Gasteiger partial charge >= 0.3 is 0 Å². The van der Waals surface area contributed by atoms with E-state index in [0.717, 1.165) is 19.6 Å². The molecule has 1 fully saturated rings. The van der Waals surface area contributed by atoms with Crippen molar-refractivity contribution in [3.8, 4) is 5.75 Å². The number of phenolic OH excluding ortho intramolecular Hbond substituents is 1. The maximum absolute atomic E-state index is 12.5. The Hall–Kier alpha value is -2.04. The number of piperazine rings is 1. The zero-order chi connectivity index (χ0) is 16.2. The van der Waals surface area contributed by atoms with E-state index >= 15 is 0 Å². The van der Waals surface area contributed by atoms with Crippen LogP contribution in [0.15, 0.2) is 48.5 Å². The van der Waals surface area contributed by atoms with E-state index in [0.29, 0.717) is 18.1 Å². The second-order valence-corrected chi connectivity index (χ2v) is 6.30. The van der Waals surface area contributed by atoms with Gasteiger partial charge in [0.05, 0.1) is 31.7 Å². The van der Waals surface area contributed by atoms with E-state index in [1.165, 1.54) is 22.6 Å². The van der Waals surface area contributed by atoms with Gasteiger partial charge in [0.1, 0.15) is 12.3 Å². The van der Waals surface area contributed by atoms with E-state index in [9.17, 15) is 9.90 Å². The summed E-state index contributed by atoms with van der Waals surface area (Å²) in [7, 11) is 0. The summed E-state index contributed by atoms with van der Waals surface area (Å²) in [5, 5.41) is 10.3. The van der Waals surface area contributed by atoms with Crippen LogP contribution in [-0.4, -0.2) is 42.1 Å². The minimum Gasteiger partial charge on any atom is -0.507 e.